The second-order valence-corrected chi connectivity index (χ2v) is 7.23. The van der Waals surface area contributed by atoms with Gasteiger partial charge in [0.25, 0.3) is 5.91 Å². The normalized spacial score (nSPS) is 16.3. The number of carbonyl (C=O) groups excluding carboxylic acids is 2. The van der Waals surface area contributed by atoms with Crippen molar-refractivity contribution in [3.63, 3.8) is 0 Å². The summed E-state index contributed by atoms with van der Waals surface area (Å²) in [4.78, 5) is 26.6. The lowest BCUT2D eigenvalue weighted by Gasteiger charge is -2.32. The van der Waals surface area contributed by atoms with Gasteiger partial charge in [0.2, 0.25) is 5.91 Å². The van der Waals surface area contributed by atoms with Gasteiger partial charge >= 0.3 is 0 Å². The number of furan rings is 1. The largest absolute Gasteiger partial charge is 0.497 e. The predicted molar refractivity (Wildman–Crippen MR) is 108 cm³/mol. The highest BCUT2D eigenvalue weighted by molar-refractivity contribution is 5.91. The van der Waals surface area contributed by atoms with E-state index in [1.165, 1.54) is 6.26 Å². The first kappa shape index (κ1) is 20.8. The summed E-state index contributed by atoms with van der Waals surface area (Å²) in [5, 5.41) is 2.95. The van der Waals surface area contributed by atoms with Gasteiger partial charge < -0.3 is 24.1 Å². The van der Waals surface area contributed by atoms with Crippen molar-refractivity contribution >= 4 is 11.8 Å². The van der Waals surface area contributed by atoms with Crippen molar-refractivity contribution in [3.05, 3.63) is 47.9 Å². The number of ether oxygens (including phenoxy) is 2. The number of carbonyl (C=O) groups is 2. The van der Waals surface area contributed by atoms with Crippen LogP contribution in [-0.4, -0.2) is 44.0 Å². The first-order chi connectivity index (χ1) is 14.1. The van der Waals surface area contributed by atoms with E-state index in [0.717, 1.165) is 31.4 Å². The van der Waals surface area contributed by atoms with Crippen molar-refractivity contribution < 1.29 is 23.5 Å². The predicted octanol–water partition coefficient (Wildman–Crippen LogP) is 3.25. The van der Waals surface area contributed by atoms with Crippen LogP contribution in [0.4, 0.5) is 0 Å². The van der Waals surface area contributed by atoms with E-state index < -0.39 is 0 Å². The first-order valence-electron chi connectivity index (χ1n) is 9.91. The van der Waals surface area contributed by atoms with E-state index in [9.17, 15) is 9.59 Å². The minimum absolute atomic E-state index is 0.00245. The molecule has 1 fully saturated rings. The molecule has 2 heterocycles. The Morgan fingerprint density at radius 2 is 2.10 bits per heavy atom. The Labute approximate surface area is 171 Å². The van der Waals surface area contributed by atoms with Gasteiger partial charge in [0, 0.05) is 37.7 Å². The topological polar surface area (TPSA) is 81.0 Å². The van der Waals surface area contributed by atoms with Crippen molar-refractivity contribution in [2.75, 3.05) is 27.3 Å². The fraction of sp³-hybridized carbons (Fsp3) is 0.455. The molecule has 1 aromatic carbocycles. The zero-order valence-electron chi connectivity index (χ0n) is 17.0. The van der Waals surface area contributed by atoms with Crippen LogP contribution in [0.2, 0.25) is 0 Å². The quantitative estimate of drug-likeness (QED) is 0.736. The Morgan fingerprint density at radius 1 is 1.24 bits per heavy atom. The van der Waals surface area contributed by atoms with Crippen LogP contribution < -0.4 is 14.8 Å². The van der Waals surface area contributed by atoms with Crippen molar-refractivity contribution in [3.8, 4) is 11.5 Å². The molecule has 1 aliphatic rings. The molecule has 1 atom stereocenters. The number of piperidine rings is 1. The highest BCUT2D eigenvalue weighted by Crippen LogP contribution is 2.25. The average molecular weight is 400 g/mol. The molecule has 2 aromatic rings. The average Bonchev–Trinajstić information content (AvgIpc) is 3.30. The number of nitrogens with one attached hydrogen (secondary N) is 1. The van der Waals surface area contributed by atoms with Crippen LogP contribution in [0.15, 0.2) is 41.0 Å². The summed E-state index contributed by atoms with van der Waals surface area (Å²) in [6.45, 7) is 1.80. The van der Waals surface area contributed by atoms with Crippen molar-refractivity contribution in [2.24, 2.45) is 5.92 Å². The number of hydrogen-bond donors (Lipinski definition) is 1. The highest BCUT2D eigenvalue weighted by atomic mass is 16.5. The van der Waals surface area contributed by atoms with Gasteiger partial charge in [0.1, 0.15) is 11.5 Å². The fourth-order valence-electron chi connectivity index (χ4n) is 3.66. The molecule has 0 radical (unpaired) electrons. The zero-order chi connectivity index (χ0) is 20.6. The van der Waals surface area contributed by atoms with Gasteiger partial charge in [-0.15, -0.1) is 0 Å². The first-order valence-corrected chi connectivity index (χ1v) is 9.91. The lowest BCUT2D eigenvalue weighted by molar-refractivity contribution is -0.121. The second kappa shape index (κ2) is 10.0. The summed E-state index contributed by atoms with van der Waals surface area (Å²) >= 11 is 0. The Bertz CT molecular complexity index is 819. The lowest BCUT2D eigenvalue weighted by Crippen LogP contribution is -2.40. The van der Waals surface area contributed by atoms with E-state index in [4.69, 9.17) is 13.9 Å². The molecule has 0 saturated carbocycles. The van der Waals surface area contributed by atoms with Crippen molar-refractivity contribution in [1.29, 1.82) is 0 Å². The van der Waals surface area contributed by atoms with Crippen LogP contribution in [0.1, 0.15) is 41.8 Å². The number of benzene rings is 1. The van der Waals surface area contributed by atoms with Crippen LogP contribution in [0.3, 0.4) is 0 Å². The maximum atomic E-state index is 12.4. The third-order valence-corrected chi connectivity index (χ3v) is 5.29. The number of hydrogen-bond acceptors (Lipinski definition) is 5. The molecule has 0 spiro atoms. The number of amides is 2. The van der Waals surface area contributed by atoms with Gasteiger partial charge in [0.05, 0.1) is 20.5 Å². The monoisotopic (exact) mass is 400 g/mol. The SMILES string of the molecule is COc1ccc(CNC(=O)CC[C@@H]2CCCN(C(=O)c3ccco3)C2)c(OC)c1. The lowest BCUT2D eigenvalue weighted by atomic mass is 9.93. The maximum Gasteiger partial charge on any atom is 0.289 e. The summed E-state index contributed by atoms with van der Waals surface area (Å²) < 4.78 is 15.8. The van der Waals surface area contributed by atoms with Crippen molar-refractivity contribution in [1.82, 2.24) is 10.2 Å². The van der Waals surface area contributed by atoms with Gasteiger partial charge in [0.15, 0.2) is 5.76 Å². The molecule has 29 heavy (non-hydrogen) atoms. The molecule has 1 N–H and O–H groups in total. The molecular weight excluding hydrogens is 372 g/mol. The minimum atomic E-state index is -0.0734. The highest BCUT2D eigenvalue weighted by Gasteiger charge is 2.26. The van der Waals surface area contributed by atoms with Crippen LogP contribution in [0.25, 0.3) is 0 Å². The number of rotatable bonds is 8. The van der Waals surface area contributed by atoms with E-state index in [0.29, 0.717) is 42.7 Å². The van der Waals surface area contributed by atoms with Gasteiger partial charge in [-0.3, -0.25) is 9.59 Å². The Morgan fingerprint density at radius 3 is 2.83 bits per heavy atom. The molecule has 2 amide bonds. The molecule has 0 aliphatic carbocycles. The molecule has 1 aromatic heterocycles. The van der Waals surface area contributed by atoms with Crippen LogP contribution in [-0.2, 0) is 11.3 Å². The van der Waals surface area contributed by atoms with E-state index in [1.807, 2.05) is 17.0 Å². The zero-order valence-corrected chi connectivity index (χ0v) is 17.0. The van der Waals surface area contributed by atoms with Gasteiger partial charge in [-0.2, -0.15) is 0 Å². The molecule has 7 heteroatoms. The minimum Gasteiger partial charge on any atom is -0.497 e. The maximum absolute atomic E-state index is 12.4. The van der Waals surface area contributed by atoms with Crippen LogP contribution in [0.5, 0.6) is 11.5 Å². The van der Waals surface area contributed by atoms with E-state index >= 15 is 0 Å². The van der Waals surface area contributed by atoms with Crippen molar-refractivity contribution in [2.45, 2.75) is 32.2 Å². The van der Waals surface area contributed by atoms with Crippen LogP contribution in [0, 0.1) is 5.92 Å². The van der Waals surface area contributed by atoms with Gasteiger partial charge in [-0.05, 0) is 49.4 Å². The smallest absolute Gasteiger partial charge is 0.289 e. The summed E-state index contributed by atoms with van der Waals surface area (Å²) in [6.07, 6.45) is 4.68. The van der Waals surface area contributed by atoms with E-state index in [1.54, 1.807) is 32.4 Å². The Kier molecular flexibility index (Phi) is 7.16. The number of likely N-dealkylation sites (tertiary alicyclic amines) is 1. The third kappa shape index (κ3) is 5.53. The summed E-state index contributed by atoms with van der Waals surface area (Å²) in [7, 11) is 3.20. The molecule has 3 rings (SSSR count). The van der Waals surface area contributed by atoms with E-state index in [-0.39, 0.29) is 11.8 Å². The summed E-state index contributed by atoms with van der Waals surface area (Å²) in [5.41, 5.74) is 0.898. The summed E-state index contributed by atoms with van der Waals surface area (Å²) in [6, 6.07) is 8.94. The standard InChI is InChI=1S/C22H28N2O5/c1-27-18-9-8-17(20(13-18)28-2)14-23-21(25)10-7-16-5-3-11-24(15-16)22(26)19-6-4-12-29-19/h4,6,8-9,12-13,16H,3,5,7,10-11,14-15H2,1-2H3,(H,23,25)/t16-/m0/s1. The molecule has 1 aliphatic heterocycles. The summed E-state index contributed by atoms with van der Waals surface area (Å²) in [5.74, 6) is 2.01. The second-order valence-electron chi connectivity index (χ2n) is 7.23. The Balaban J connectivity index is 1.45. The molecule has 1 saturated heterocycles. The molecule has 7 nitrogen and oxygen atoms in total. The third-order valence-electron chi connectivity index (χ3n) is 5.29. The molecular formula is C22H28N2O5. The fourth-order valence-corrected chi connectivity index (χ4v) is 3.66. The Hall–Kier alpha value is -2.96. The molecule has 156 valence electrons. The molecule has 0 bridgehead atoms. The molecule has 0 unspecified atom stereocenters. The number of nitrogens with zero attached hydrogens (tertiary/aromatic N) is 1. The number of methoxy groups -OCH3 is 2. The van der Waals surface area contributed by atoms with Gasteiger partial charge in [-0.25, -0.2) is 0 Å². The van der Waals surface area contributed by atoms with E-state index in [2.05, 4.69) is 5.32 Å². The van der Waals surface area contributed by atoms with Gasteiger partial charge in [-0.1, -0.05) is 0 Å². The van der Waals surface area contributed by atoms with Crippen LogP contribution >= 0.6 is 0 Å².